The molecule has 1 aliphatic carbocycles. The normalized spacial score (nSPS) is 14.2. The summed E-state index contributed by atoms with van der Waals surface area (Å²) in [6, 6.07) is 10.6. The number of rotatable bonds is 5. The summed E-state index contributed by atoms with van der Waals surface area (Å²) in [7, 11) is 2.09. The molecule has 0 unspecified atom stereocenters. The van der Waals surface area contributed by atoms with Crippen LogP contribution in [-0.4, -0.2) is 7.05 Å². The molecule has 0 heterocycles. The summed E-state index contributed by atoms with van der Waals surface area (Å²) in [4.78, 5) is 0. The molecule has 0 aromatic heterocycles. The molecule has 2 aromatic rings. The van der Waals surface area contributed by atoms with E-state index in [-0.39, 0.29) is 0 Å². The van der Waals surface area contributed by atoms with Crippen LogP contribution in [0.5, 0.6) is 5.75 Å². The molecule has 2 aromatic carbocycles. The number of halogens is 1. The molecule has 1 fully saturated rings. The molecular weight excluding hydrogens is 294 g/mol. The Labute approximate surface area is 137 Å². The smallest absolute Gasteiger partial charge is 0.136 e. The maximum Gasteiger partial charge on any atom is 0.136 e. The molecule has 116 valence electrons. The molecule has 1 saturated carbocycles. The van der Waals surface area contributed by atoms with Crippen molar-refractivity contribution < 1.29 is 10.1 Å². The van der Waals surface area contributed by atoms with Crippen LogP contribution in [0.2, 0.25) is 5.02 Å². The van der Waals surface area contributed by atoms with Gasteiger partial charge in [0.05, 0.1) is 12.6 Å². The first-order valence-electron chi connectivity index (χ1n) is 7.91. The SMILES string of the molecule is C[NH2+]c1cccc(C2CC2)c1COc1cc(Cl)c(C)cc1C. The largest absolute Gasteiger partial charge is 0.488 e. The average molecular weight is 317 g/mol. The van der Waals surface area contributed by atoms with E-state index in [1.807, 2.05) is 13.0 Å². The van der Waals surface area contributed by atoms with Crippen LogP contribution in [-0.2, 0) is 6.61 Å². The fraction of sp³-hybridized carbons (Fsp3) is 0.368. The highest BCUT2D eigenvalue weighted by Gasteiger charge is 2.28. The van der Waals surface area contributed by atoms with Crippen LogP contribution in [0.1, 0.15) is 41.0 Å². The van der Waals surface area contributed by atoms with Crippen molar-refractivity contribution in [2.75, 3.05) is 7.05 Å². The summed E-state index contributed by atoms with van der Waals surface area (Å²) >= 11 is 6.23. The Balaban J connectivity index is 1.86. The number of benzene rings is 2. The van der Waals surface area contributed by atoms with Crippen LogP contribution < -0.4 is 10.1 Å². The summed E-state index contributed by atoms with van der Waals surface area (Å²) in [5.41, 5.74) is 6.27. The van der Waals surface area contributed by atoms with Crippen molar-refractivity contribution in [3.8, 4) is 5.75 Å². The zero-order chi connectivity index (χ0) is 15.7. The van der Waals surface area contributed by atoms with Crippen LogP contribution in [0.4, 0.5) is 5.69 Å². The fourth-order valence-electron chi connectivity index (χ4n) is 2.95. The van der Waals surface area contributed by atoms with Crippen molar-refractivity contribution in [1.82, 2.24) is 0 Å². The van der Waals surface area contributed by atoms with E-state index in [1.54, 1.807) is 0 Å². The lowest BCUT2D eigenvalue weighted by molar-refractivity contribution is -0.540. The van der Waals surface area contributed by atoms with Gasteiger partial charge < -0.3 is 10.1 Å². The fourth-order valence-corrected chi connectivity index (χ4v) is 3.10. The van der Waals surface area contributed by atoms with Crippen molar-refractivity contribution in [3.05, 3.63) is 57.6 Å². The third kappa shape index (κ3) is 3.13. The van der Waals surface area contributed by atoms with Crippen LogP contribution in [0.3, 0.4) is 0 Å². The third-order valence-electron chi connectivity index (χ3n) is 4.40. The van der Waals surface area contributed by atoms with Gasteiger partial charge in [-0.05, 0) is 61.4 Å². The number of nitrogens with two attached hydrogens (primary N) is 1. The zero-order valence-electron chi connectivity index (χ0n) is 13.4. The summed E-state index contributed by atoms with van der Waals surface area (Å²) in [5.74, 6) is 1.60. The van der Waals surface area contributed by atoms with Crippen LogP contribution in [0.15, 0.2) is 30.3 Å². The van der Waals surface area contributed by atoms with E-state index >= 15 is 0 Å². The first-order valence-corrected chi connectivity index (χ1v) is 8.28. The van der Waals surface area contributed by atoms with Crippen molar-refractivity contribution in [2.24, 2.45) is 0 Å². The minimum Gasteiger partial charge on any atom is -0.488 e. The van der Waals surface area contributed by atoms with Crippen molar-refractivity contribution in [1.29, 1.82) is 0 Å². The molecule has 2 N–H and O–H groups in total. The molecule has 0 radical (unpaired) electrons. The molecule has 22 heavy (non-hydrogen) atoms. The molecule has 0 bridgehead atoms. The monoisotopic (exact) mass is 316 g/mol. The second-order valence-electron chi connectivity index (χ2n) is 6.13. The first-order chi connectivity index (χ1) is 10.6. The van der Waals surface area contributed by atoms with Crippen LogP contribution >= 0.6 is 11.6 Å². The Morgan fingerprint density at radius 3 is 2.64 bits per heavy atom. The van der Waals surface area contributed by atoms with Crippen molar-refractivity contribution >= 4 is 17.3 Å². The van der Waals surface area contributed by atoms with E-state index in [0.29, 0.717) is 6.61 Å². The highest BCUT2D eigenvalue weighted by molar-refractivity contribution is 6.31. The molecule has 0 spiro atoms. The third-order valence-corrected chi connectivity index (χ3v) is 4.81. The van der Waals surface area contributed by atoms with E-state index in [4.69, 9.17) is 16.3 Å². The molecule has 0 saturated heterocycles. The van der Waals surface area contributed by atoms with Gasteiger partial charge in [-0.3, -0.25) is 0 Å². The van der Waals surface area contributed by atoms with Crippen LogP contribution in [0.25, 0.3) is 0 Å². The molecule has 0 aliphatic heterocycles. The number of hydrogen-bond acceptors (Lipinski definition) is 1. The summed E-state index contributed by atoms with van der Waals surface area (Å²) in [6.45, 7) is 4.69. The highest BCUT2D eigenvalue weighted by atomic mass is 35.5. The van der Waals surface area contributed by atoms with Gasteiger partial charge in [0.1, 0.15) is 18.0 Å². The highest BCUT2D eigenvalue weighted by Crippen LogP contribution is 2.43. The maximum atomic E-state index is 6.23. The molecule has 3 rings (SSSR count). The number of quaternary nitrogens is 1. The van der Waals surface area contributed by atoms with Gasteiger partial charge in [-0.2, -0.15) is 0 Å². The molecule has 1 aliphatic rings. The molecule has 2 nitrogen and oxygen atoms in total. The van der Waals surface area contributed by atoms with E-state index in [0.717, 1.165) is 27.8 Å². The standard InChI is InChI=1S/C19H22ClNO/c1-12-9-13(2)19(10-17(12)20)22-11-16-15(14-7-8-14)5-4-6-18(16)21-3/h4-6,9-10,14,21H,7-8,11H2,1-3H3/p+1. The predicted octanol–water partition coefficient (Wildman–Crippen LogP) is 4.24. The molecule has 3 heteroatoms. The predicted molar refractivity (Wildman–Crippen MR) is 91.2 cm³/mol. The molecule has 0 amide bonds. The van der Waals surface area contributed by atoms with Crippen molar-refractivity contribution in [2.45, 2.75) is 39.2 Å². The lowest BCUT2D eigenvalue weighted by atomic mass is 10.0. The topological polar surface area (TPSA) is 25.8 Å². The summed E-state index contributed by atoms with van der Waals surface area (Å²) in [5, 5.41) is 2.93. The molecular formula is C19H23ClNO+. The lowest BCUT2D eigenvalue weighted by Crippen LogP contribution is -2.73. The van der Waals surface area contributed by atoms with Gasteiger partial charge in [-0.15, -0.1) is 0 Å². The van der Waals surface area contributed by atoms with Gasteiger partial charge in [0.2, 0.25) is 0 Å². The summed E-state index contributed by atoms with van der Waals surface area (Å²) in [6.07, 6.45) is 2.60. The Morgan fingerprint density at radius 2 is 1.95 bits per heavy atom. The summed E-state index contributed by atoms with van der Waals surface area (Å²) < 4.78 is 6.12. The second kappa shape index (κ2) is 6.31. The van der Waals surface area contributed by atoms with Crippen molar-refractivity contribution in [3.63, 3.8) is 0 Å². The van der Waals surface area contributed by atoms with E-state index in [2.05, 4.69) is 43.6 Å². The van der Waals surface area contributed by atoms with Gasteiger partial charge in [-0.25, -0.2) is 0 Å². The van der Waals surface area contributed by atoms with Gasteiger partial charge in [0, 0.05) is 5.02 Å². The Hall–Kier alpha value is -1.51. The minimum atomic E-state index is 0.604. The van der Waals surface area contributed by atoms with Gasteiger partial charge in [0.15, 0.2) is 0 Å². The quantitative estimate of drug-likeness (QED) is 0.820. The second-order valence-corrected chi connectivity index (χ2v) is 6.54. The Kier molecular flexibility index (Phi) is 4.42. The Bertz CT molecular complexity index is 692. The number of ether oxygens (including phenoxy) is 1. The van der Waals surface area contributed by atoms with Crippen LogP contribution in [0, 0.1) is 13.8 Å². The van der Waals surface area contributed by atoms with Gasteiger partial charge >= 0.3 is 0 Å². The lowest BCUT2D eigenvalue weighted by Gasteiger charge is -2.15. The number of aryl methyl sites for hydroxylation is 2. The zero-order valence-corrected chi connectivity index (χ0v) is 14.2. The number of hydrogen-bond donors (Lipinski definition) is 1. The molecule has 0 atom stereocenters. The van der Waals surface area contributed by atoms with Gasteiger partial charge in [-0.1, -0.05) is 29.8 Å². The maximum absolute atomic E-state index is 6.23. The van der Waals surface area contributed by atoms with E-state index in [9.17, 15) is 0 Å². The Morgan fingerprint density at radius 1 is 1.18 bits per heavy atom. The van der Waals surface area contributed by atoms with E-state index in [1.165, 1.54) is 29.7 Å². The first kappa shape index (κ1) is 15.4. The van der Waals surface area contributed by atoms with E-state index < -0.39 is 0 Å². The minimum absolute atomic E-state index is 0.604. The average Bonchev–Trinajstić information content (AvgIpc) is 3.34. The van der Waals surface area contributed by atoms with Gasteiger partial charge in [0.25, 0.3) is 0 Å².